The van der Waals surface area contributed by atoms with Gasteiger partial charge in [-0.25, -0.2) is 0 Å². The van der Waals surface area contributed by atoms with E-state index in [2.05, 4.69) is 47.5 Å². The number of aromatic hydroxyl groups is 1. The highest BCUT2D eigenvalue weighted by Crippen LogP contribution is 2.25. The summed E-state index contributed by atoms with van der Waals surface area (Å²) in [6.45, 7) is 1.08. The van der Waals surface area contributed by atoms with Gasteiger partial charge in [0, 0.05) is 100 Å². The molecule has 8 amide bonds. The highest BCUT2D eigenvalue weighted by atomic mass is 33.1. The van der Waals surface area contributed by atoms with Crippen molar-refractivity contribution in [1.82, 2.24) is 67.1 Å². The first-order chi connectivity index (χ1) is 47.3. The van der Waals surface area contributed by atoms with Gasteiger partial charge in [0.05, 0.1) is 51.0 Å². The van der Waals surface area contributed by atoms with Crippen LogP contribution >= 0.6 is 21.6 Å². The molecule has 10 atom stereocenters. The lowest BCUT2D eigenvalue weighted by molar-refractivity contribution is -0.140. The molecule has 542 valence electrons. The first-order valence-electron chi connectivity index (χ1n) is 32.5. The number of carboxylic acids is 3. The van der Waals surface area contributed by atoms with Crippen molar-refractivity contribution in [3.8, 4) is 5.75 Å². The average molecular weight is 1420 g/mol. The minimum absolute atomic E-state index is 0.0540. The van der Waals surface area contributed by atoms with Crippen LogP contribution in [-0.4, -0.2) is 289 Å². The number of nitrogens with two attached hydrogens (primary N) is 1. The quantitative estimate of drug-likeness (QED) is 0.0215. The molecule has 0 saturated carbocycles. The molecular weight excluding hydrogens is 1330 g/mol. The second-order valence-electron chi connectivity index (χ2n) is 24.5. The average Bonchev–Trinajstić information content (AvgIpc) is 1.76. The molecule has 32 nitrogen and oxygen atoms in total. The largest absolute Gasteiger partial charge is 0.508 e. The number of aromatic amines is 1. The first kappa shape index (κ1) is 79.5. The number of para-hydroxylation sites is 1. The number of benzene rings is 3. The molecule has 2 saturated heterocycles. The number of rotatable bonds is 26. The zero-order chi connectivity index (χ0) is 72.1. The highest BCUT2D eigenvalue weighted by molar-refractivity contribution is 8.76. The molecule has 0 aliphatic carbocycles. The van der Waals surface area contributed by atoms with Gasteiger partial charge in [0.2, 0.25) is 47.3 Å². The lowest BCUT2D eigenvalue weighted by atomic mass is 10.0. The number of aromatic nitrogens is 1. The fourth-order valence-corrected chi connectivity index (χ4v) is 13.4. The van der Waals surface area contributed by atoms with E-state index in [1.807, 2.05) is 0 Å². The summed E-state index contributed by atoms with van der Waals surface area (Å²) in [5.74, 6) is -11.6. The number of aliphatic hydroxyl groups is 3. The number of phenols is 1. The van der Waals surface area contributed by atoms with Gasteiger partial charge in [0.25, 0.3) is 0 Å². The van der Waals surface area contributed by atoms with Gasteiger partial charge in [-0.2, -0.15) is 0 Å². The summed E-state index contributed by atoms with van der Waals surface area (Å²) in [6, 6.07) is 9.21. The Balaban J connectivity index is 1.40. The van der Waals surface area contributed by atoms with Crippen LogP contribution < -0.4 is 48.3 Å². The predicted molar refractivity (Wildman–Crippen MR) is 366 cm³/mol. The van der Waals surface area contributed by atoms with Crippen molar-refractivity contribution < 1.29 is 88.5 Å². The molecule has 4 aromatic rings. The van der Waals surface area contributed by atoms with E-state index < -0.39 is 152 Å². The number of nitrogens with zero attached hydrogens (tertiary/aromatic N) is 4. The van der Waals surface area contributed by atoms with Crippen LogP contribution in [0.25, 0.3) is 10.9 Å². The summed E-state index contributed by atoms with van der Waals surface area (Å²) in [7, 11) is 1.81. The Morgan fingerprint density at radius 3 is 1.68 bits per heavy atom. The Kier molecular flexibility index (Phi) is 32.6. The molecule has 99 heavy (non-hydrogen) atoms. The number of nitrogens with one attached hydrogen (secondary N) is 9. The maximum absolute atomic E-state index is 15.3. The summed E-state index contributed by atoms with van der Waals surface area (Å²) in [6.07, 6.45) is -1.31. The molecule has 2 aliphatic rings. The zero-order valence-electron chi connectivity index (χ0n) is 55.2. The molecule has 18 N–H and O–H groups in total. The second-order valence-corrected chi connectivity index (χ2v) is 27.0. The number of amides is 8. The van der Waals surface area contributed by atoms with Crippen molar-refractivity contribution in [3.63, 3.8) is 0 Å². The number of H-pyrrole nitrogens is 1. The first-order valence-corrected chi connectivity index (χ1v) is 35.0. The van der Waals surface area contributed by atoms with Gasteiger partial charge < -0.3 is 89.0 Å². The molecule has 6 rings (SSSR count). The number of fused-ring (bicyclic) bond motifs is 1. The Bertz CT molecular complexity index is 3320. The molecule has 3 aromatic carbocycles. The number of aliphatic hydroxyl groups excluding tert-OH is 3. The van der Waals surface area contributed by atoms with Crippen molar-refractivity contribution in [2.24, 2.45) is 5.73 Å². The van der Waals surface area contributed by atoms with Crippen LogP contribution in [0.15, 0.2) is 85.1 Å². The monoisotopic (exact) mass is 1420 g/mol. The van der Waals surface area contributed by atoms with E-state index >= 15 is 14.4 Å². The van der Waals surface area contributed by atoms with Crippen LogP contribution in [0.3, 0.4) is 0 Å². The van der Waals surface area contributed by atoms with E-state index in [4.69, 9.17) is 5.73 Å². The third kappa shape index (κ3) is 27.0. The minimum Gasteiger partial charge on any atom is -0.508 e. The normalized spacial score (nSPS) is 22.0. The van der Waals surface area contributed by atoms with Gasteiger partial charge in [-0.3, -0.25) is 72.3 Å². The minimum atomic E-state index is -1.77. The lowest BCUT2D eigenvalue weighted by Gasteiger charge is -2.33. The van der Waals surface area contributed by atoms with E-state index in [1.165, 1.54) is 38.1 Å². The standard InChI is InChI=1S/C65H92N14O18S2/c1-39(81)51(36-80)72-64(96)53-38-99-98-37-52(73-60(92)48(28-41-10-4-3-5-11-41)68-54(84)32-76-20-22-77(33-55(85)86)24-26-79(35-57(89)90)27-25-78(23-21-76)34-56(87)88)63(95)70-49(29-42-15-17-44(83)18-16-42)61(93)71-50(30-43-31-67-46-13-7-6-12-45(43)46)62(94)69-47(14-8-9-19-66)59(91)75-58(40(2)82)65(97)74-53/h3-7,10-13,15-18,31,39-40,47-53,58,67,80-83H,8-9,14,19-30,32-38,66H2,1-2H3,(H,68,84)(H,69,94)(H,70,95)(H,71,93)(H,72,96)(H,73,92)(H,74,97)(H,75,91)(H,85,86)(H,87,88)(H,89,90)/t39-,40-,47+,48-,49+,50-,51+,52+,53+,58-/m1/s1. The van der Waals surface area contributed by atoms with Crippen molar-refractivity contribution in [3.05, 3.63) is 102 Å². The van der Waals surface area contributed by atoms with Crippen molar-refractivity contribution >= 4 is 97.7 Å². The Hall–Kier alpha value is -8.45. The third-order valence-electron chi connectivity index (χ3n) is 16.6. The fraction of sp³-hybridized carbons (Fsp3) is 0.523. The number of carbonyl (C=O) groups excluding carboxylic acids is 8. The van der Waals surface area contributed by atoms with E-state index in [-0.39, 0.29) is 115 Å². The molecule has 0 bridgehead atoms. The number of carboxylic acid groups (broad SMARTS) is 3. The molecule has 34 heteroatoms. The van der Waals surface area contributed by atoms with E-state index in [1.54, 1.807) is 80.4 Å². The summed E-state index contributed by atoms with van der Waals surface area (Å²) in [5.41, 5.74) is 8.05. The molecule has 0 unspecified atom stereocenters. The highest BCUT2D eigenvalue weighted by Gasteiger charge is 2.37. The molecule has 0 spiro atoms. The molecular formula is C65H92N14O18S2. The van der Waals surface area contributed by atoms with E-state index in [9.17, 15) is 74.1 Å². The fourth-order valence-electron chi connectivity index (χ4n) is 11.1. The summed E-state index contributed by atoms with van der Waals surface area (Å²) in [5, 5.41) is 93.2. The van der Waals surface area contributed by atoms with Crippen LogP contribution in [0.2, 0.25) is 0 Å². The van der Waals surface area contributed by atoms with Gasteiger partial charge >= 0.3 is 17.9 Å². The van der Waals surface area contributed by atoms with Crippen LogP contribution in [0.1, 0.15) is 49.8 Å². The number of phenolic OH excluding ortho intramolecular Hbond substituents is 1. The smallest absolute Gasteiger partial charge is 0.317 e. The number of unbranched alkanes of at least 4 members (excludes halogenated alkanes) is 1. The van der Waals surface area contributed by atoms with Gasteiger partial charge in [0.1, 0.15) is 48.0 Å². The van der Waals surface area contributed by atoms with Crippen molar-refractivity contribution in [1.29, 1.82) is 0 Å². The van der Waals surface area contributed by atoms with Crippen LogP contribution in [0.5, 0.6) is 5.75 Å². The summed E-state index contributed by atoms with van der Waals surface area (Å²) in [4.78, 5) is 163. The van der Waals surface area contributed by atoms with Gasteiger partial charge in [0.15, 0.2) is 0 Å². The van der Waals surface area contributed by atoms with Crippen LogP contribution in [0.4, 0.5) is 0 Å². The maximum Gasteiger partial charge on any atom is 0.317 e. The van der Waals surface area contributed by atoms with Gasteiger partial charge in [-0.15, -0.1) is 0 Å². The number of carbonyl (C=O) groups is 11. The van der Waals surface area contributed by atoms with Gasteiger partial charge in [-0.1, -0.05) is 82.3 Å². The van der Waals surface area contributed by atoms with Crippen molar-refractivity contribution in [2.75, 3.05) is 103 Å². The maximum atomic E-state index is 15.3. The zero-order valence-corrected chi connectivity index (χ0v) is 56.8. The number of hydrogen-bond acceptors (Lipinski definition) is 22. The lowest BCUT2D eigenvalue weighted by Crippen LogP contribution is -2.62. The summed E-state index contributed by atoms with van der Waals surface area (Å²) < 4.78 is 0. The van der Waals surface area contributed by atoms with Crippen LogP contribution in [-0.2, 0) is 72.0 Å². The van der Waals surface area contributed by atoms with Gasteiger partial charge in [-0.05, 0) is 74.5 Å². The molecule has 0 radical (unpaired) electrons. The number of hydrogen-bond donors (Lipinski definition) is 17. The molecule has 3 heterocycles. The van der Waals surface area contributed by atoms with E-state index in [0.717, 1.165) is 21.6 Å². The second kappa shape index (κ2) is 40.6. The summed E-state index contributed by atoms with van der Waals surface area (Å²) >= 11 is 0. The molecule has 2 fully saturated rings. The van der Waals surface area contributed by atoms with E-state index in [0.29, 0.717) is 34.0 Å². The van der Waals surface area contributed by atoms with Crippen molar-refractivity contribution in [2.45, 2.75) is 113 Å². The Morgan fingerprint density at radius 1 is 0.596 bits per heavy atom. The number of aliphatic carboxylic acids is 3. The third-order valence-corrected chi connectivity index (χ3v) is 19.0. The molecule has 1 aromatic heterocycles. The Morgan fingerprint density at radius 2 is 1.12 bits per heavy atom. The predicted octanol–water partition coefficient (Wildman–Crippen LogP) is -3.47. The SMILES string of the molecule is C[C@@H](O)[C@H](CO)NC(=O)[C@@H]1CSSC[C@H](NC(=O)[C@@H](Cc2ccccc2)NC(=O)CN2CCN(CC(=O)O)CCN(CC(=O)O)CCN(CC(=O)O)CC2)C(=O)N[C@@H](Cc2ccc(O)cc2)C(=O)N[C@H](Cc2c[nH]c3ccccc23)C(=O)N[C@@H](CCCCN)C(=O)N[C@H]([C@@H](C)O)C(=O)N1. The Labute approximate surface area is 580 Å². The van der Waals surface area contributed by atoms with Crippen LogP contribution in [0, 0.1) is 0 Å². The topological polar surface area (TPSA) is 480 Å². The molecule has 2 aliphatic heterocycles.